The van der Waals surface area contributed by atoms with Crippen LogP contribution in [0.4, 0.5) is 0 Å². The minimum atomic E-state index is -0.212. The first-order valence-corrected chi connectivity index (χ1v) is 6.12. The minimum absolute atomic E-state index is 0.186. The Bertz CT molecular complexity index is 230. The highest BCUT2D eigenvalue weighted by Gasteiger charge is 2.31. The molecule has 0 aromatic rings. The van der Waals surface area contributed by atoms with E-state index >= 15 is 0 Å². The second-order valence-corrected chi connectivity index (χ2v) is 7.20. The van der Waals surface area contributed by atoms with Crippen molar-refractivity contribution in [3.63, 3.8) is 0 Å². The molecule has 1 unspecified atom stereocenters. The van der Waals surface area contributed by atoms with Gasteiger partial charge in [-0.2, -0.15) is 0 Å². The lowest BCUT2D eigenvalue weighted by Gasteiger charge is -2.34. The van der Waals surface area contributed by atoms with Crippen LogP contribution in [0.3, 0.4) is 0 Å². The van der Waals surface area contributed by atoms with E-state index in [0.717, 1.165) is 6.54 Å². The van der Waals surface area contributed by atoms with Crippen molar-refractivity contribution in [2.75, 3.05) is 20.6 Å². The number of hydrogen-bond donors (Lipinski definition) is 0. The molecule has 0 fully saturated rings. The summed E-state index contributed by atoms with van der Waals surface area (Å²) in [5.74, 6) is 0.795. The number of nitrogens with zero attached hydrogens (tertiary/aromatic N) is 1. The maximum Gasteiger partial charge on any atom is 0.138 e. The molecule has 0 spiro atoms. The van der Waals surface area contributed by atoms with Crippen LogP contribution >= 0.6 is 0 Å². The van der Waals surface area contributed by atoms with E-state index in [1.54, 1.807) is 0 Å². The lowest BCUT2D eigenvalue weighted by molar-refractivity contribution is -0.128. The molecule has 1 atom stereocenters. The third-order valence-corrected chi connectivity index (χ3v) is 3.08. The van der Waals surface area contributed by atoms with E-state index in [4.69, 9.17) is 0 Å². The van der Waals surface area contributed by atoms with Crippen molar-refractivity contribution in [1.29, 1.82) is 0 Å². The van der Waals surface area contributed by atoms with Crippen molar-refractivity contribution < 1.29 is 4.79 Å². The predicted octanol–water partition coefficient (Wildman–Crippen LogP) is 3.22. The molecule has 0 heterocycles. The second kappa shape index (κ2) is 5.31. The van der Waals surface area contributed by atoms with Crippen molar-refractivity contribution in [2.45, 2.75) is 48.0 Å². The lowest BCUT2D eigenvalue weighted by Crippen LogP contribution is -2.35. The van der Waals surface area contributed by atoms with Crippen molar-refractivity contribution in [3.05, 3.63) is 0 Å². The van der Waals surface area contributed by atoms with Crippen LogP contribution in [0.1, 0.15) is 48.0 Å². The molecule has 2 heteroatoms. The minimum Gasteiger partial charge on any atom is -0.309 e. The zero-order valence-electron chi connectivity index (χ0n) is 12.3. The molecule has 0 bridgehead atoms. The number of rotatable bonds is 4. The van der Waals surface area contributed by atoms with Gasteiger partial charge in [0.2, 0.25) is 0 Å². The summed E-state index contributed by atoms with van der Waals surface area (Å²) in [5.41, 5.74) is -0.0268. The van der Waals surface area contributed by atoms with E-state index in [0.29, 0.717) is 18.1 Å². The summed E-state index contributed by atoms with van der Waals surface area (Å²) in [6.45, 7) is 13.6. The summed E-state index contributed by atoms with van der Waals surface area (Å²) in [6, 6.07) is 0. The van der Waals surface area contributed by atoms with Gasteiger partial charge in [0.25, 0.3) is 0 Å². The third kappa shape index (κ3) is 5.64. The van der Waals surface area contributed by atoms with Gasteiger partial charge >= 0.3 is 0 Å². The van der Waals surface area contributed by atoms with Crippen LogP contribution in [0.15, 0.2) is 0 Å². The first-order valence-electron chi connectivity index (χ1n) is 6.12. The average Bonchev–Trinajstić information content (AvgIpc) is 1.98. The Morgan fingerprint density at radius 1 is 1.06 bits per heavy atom. The van der Waals surface area contributed by atoms with Crippen molar-refractivity contribution in [1.82, 2.24) is 4.90 Å². The number of carbonyl (C=O) groups is 1. The zero-order chi connectivity index (χ0) is 13.1. The van der Waals surface area contributed by atoms with Crippen molar-refractivity contribution >= 4 is 5.78 Å². The molecule has 0 aliphatic carbocycles. The van der Waals surface area contributed by atoms with E-state index in [9.17, 15) is 4.79 Å². The van der Waals surface area contributed by atoms with Crippen LogP contribution in [0.5, 0.6) is 0 Å². The molecule has 16 heavy (non-hydrogen) atoms. The summed E-state index contributed by atoms with van der Waals surface area (Å²) in [6.07, 6.45) is 0.686. The Labute approximate surface area is 101 Å². The molecule has 2 nitrogen and oxygen atoms in total. The molecule has 0 aromatic carbocycles. The Kier molecular flexibility index (Phi) is 5.18. The molecule has 0 radical (unpaired) electrons. The Morgan fingerprint density at radius 2 is 1.50 bits per heavy atom. The smallest absolute Gasteiger partial charge is 0.138 e. The highest BCUT2D eigenvalue weighted by Crippen LogP contribution is 2.32. The number of ketones is 1. The largest absolute Gasteiger partial charge is 0.309 e. The van der Waals surface area contributed by atoms with Gasteiger partial charge in [-0.05, 0) is 25.4 Å². The van der Waals surface area contributed by atoms with Gasteiger partial charge in [-0.15, -0.1) is 0 Å². The quantitative estimate of drug-likeness (QED) is 0.735. The summed E-state index contributed by atoms with van der Waals surface area (Å²) < 4.78 is 0. The third-order valence-electron chi connectivity index (χ3n) is 3.08. The molecule has 0 amide bonds. The molecule has 0 N–H and O–H groups in total. The Hall–Kier alpha value is -0.370. The van der Waals surface area contributed by atoms with Crippen molar-refractivity contribution in [3.8, 4) is 0 Å². The van der Waals surface area contributed by atoms with Crippen LogP contribution in [0, 0.1) is 16.7 Å². The molecular weight excluding hydrogens is 198 g/mol. The van der Waals surface area contributed by atoms with Crippen molar-refractivity contribution in [2.24, 2.45) is 16.7 Å². The maximum absolute atomic E-state index is 12.1. The number of carbonyl (C=O) groups excluding carboxylic acids is 1. The SMILES string of the molecule is CN(C)CC(CC(=O)C(C)(C)C)C(C)(C)C. The summed E-state index contributed by atoms with van der Waals surface area (Å²) in [5, 5.41) is 0. The molecular formula is C14H29NO. The Balaban J connectivity index is 4.63. The maximum atomic E-state index is 12.1. The average molecular weight is 227 g/mol. The van der Waals surface area contributed by atoms with Gasteiger partial charge in [-0.1, -0.05) is 41.5 Å². The number of hydrogen-bond acceptors (Lipinski definition) is 2. The summed E-state index contributed by atoms with van der Waals surface area (Å²) >= 11 is 0. The van der Waals surface area contributed by atoms with Crippen LogP contribution in [-0.4, -0.2) is 31.3 Å². The molecule has 0 rings (SSSR count). The second-order valence-electron chi connectivity index (χ2n) is 7.20. The first kappa shape index (κ1) is 15.6. The fourth-order valence-corrected chi connectivity index (χ4v) is 1.62. The predicted molar refractivity (Wildman–Crippen MR) is 70.6 cm³/mol. The number of Topliss-reactive ketones (excluding diaryl/α,β-unsaturated/α-hetero) is 1. The van der Waals surface area contributed by atoms with E-state index in [-0.39, 0.29) is 10.8 Å². The van der Waals surface area contributed by atoms with Crippen LogP contribution < -0.4 is 0 Å². The highest BCUT2D eigenvalue weighted by molar-refractivity contribution is 5.83. The summed E-state index contributed by atoms with van der Waals surface area (Å²) in [4.78, 5) is 14.3. The van der Waals surface area contributed by atoms with Crippen LogP contribution in [0.2, 0.25) is 0 Å². The van der Waals surface area contributed by atoms with Gasteiger partial charge in [0.15, 0.2) is 0 Å². The van der Waals surface area contributed by atoms with Crippen LogP contribution in [0.25, 0.3) is 0 Å². The van der Waals surface area contributed by atoms with Gasteiger partial charge < -0.3 is 4.90 Å². The van der Waals surface area contributed by atoms with Gasteiger partial charge in [0, 0.05) is 18.4 Å². The lowest BCUT2D eigenvalue weighted by atomic mass is 9.74. The molecule has 0 saturated heterocycles. The molecule has 0 aliphatic rings. The standard InChI is InChI=1S/C14H29NO/c1-13(2,3)11(10-15(7)8)9-12(16)14(4,5)6/h11H,9-10H2,1-8H3. The monoisotopic (exact) mass is 227 g/mol. The molecule has 0 aromatic heterocycles. The fourth-order valence-electron chi connectivity index (χ4n) is 1.62. The molecule has 0 aliphatic heterocycles. The normalized spacial score (nSPS) is 15.3. The topological polar surface area (TPSA) is 20.3 Å². The van der Waals surface area contributed by atoms with E-state index < -0.39 is 0 Å². The van der Waals surface area contributed by atoms with Gasteiger partial charge in [0.1, 0.15) is 5.78 Å². The highest BCUT2D eigenvalue weighted by atomic mass is 16.1. The van der Waals surface area contributed by atoms with Crippen LogP contribution in [-0.2, 0) is 4.79 Å². The van der Waals surface area contributed by atoms with E-state index in [2.05, 4.69) is 39.8 Å². The first-order chi connectivity index (χ1) is 6.94. The molecule has 0 saturated carbocycles. The summed E-state index contributed by atoms with van der Waals surface area (Å²) in [7, 11) is 4.14. The van der Waals surface area contributed by atoms with Gasteiger partial charge in [-0.3, -0.25) is 4.79 Å². The Morgan fingerprint density at radius 3 is 1.75 bits per heavy atom. The van der Waals surface area contributed by atoms with Gasteiger partial charge in [-0.25, -0.2) is 0 Å². The van der Waals surface area contributed by atoms with Gasteiger partial charge in [0.05, 0.1) is 0 Å². The van der Waals surface area contributed by atoms with E-state index in [1.165, 1.54) is 0 Å². The molecule has 96 valence electrons. The fraction of sp³-hybridized carbons (Fsp3) is 0.929. The van der Waals surface area contributed by atoms with E-state index in [1.807, 2.05) is 20.8 Å². The zero-order valence-corrected chi connectivity index (χ0v) is 12.3.